The number of ether oxygens (including phenoxy) is 1. The number of halogens is 1. The monoisotopic (exact) mass is 508 g/mol. The first-order chi connectivity index (χ1) is 15.0. The molecular weight excluding hydrogens is 464 g/mol. The number of carbonyl (C=O) groups excluding carboxylic acids is 2. The lowest BCUT2D eigenvalue weighted by Gasteiger charge is -2.44. The maximum absolute atomic E-state index is 13.5. The zero-order valence-corrected chi connectivity index (χ0v) is 22.9. The number of carbonyl (C=O) groups is 2. The normalized spacial score (nSPS) is 28.8. The first kappa shape index (κ1) is 27.3. The SMILES string of the molecule is C=C(COC(=O)C(C)(C)C)[C@@H](CCCC)C(=O)C[C@@H](C)[C@H]1CC[C@H]2/C(=C/Br)CCC[C@]12C. The molecule has 32 heavy (non-hydrogen) atoms. The summed E-state index contributed by atoms with van der Waals surface area (Å²) in [5.74, 6) is 1.42. The third-order valence-corrected chi connectivity index (χ3v) is 8.71. The molecule has 182 valence electrons. The number of fused-ring (bicyclic) bond motifs is 1. The summed E-state index contributed by atoms with van der Waals surface area (Å²) in [4.78, 5) is 27.8. The quantitative estimate of drug-likeness (QED) is 0.221. The lowest BCUT2D eigenvalue weighted by atomic mass is 9.61. The molecule has 0 aromatic carbocycles. The van der Waals surface area contributed by atoms with Gasteiger partial charge in [-0.2, -0.15) is 0 Å². The molecule has 0 unspecified atom stereocenters. The number of hydrogen-bond donors (Lipinski definition) is 0. The van der Waals surface area contributed by atoms with Gasteiger partial charge < -0.3 is 4.74 Å². The van der Waals surface area contributed by atoms with Crippen molar-refractivity contribution in [3.63, 3.8) is 0 Å². The van der Waals surface area contributed by atoms with Crippen molar-refractivity contribution in [3.8, 4) is 0 Å². The van der Waals surface area contributed by atoms with Crippen molar-refractivity contribution in [2.24, 2.45) is 34.5 Å². The van der Waals surface area contributed by atoms with Gasteiger partial charge in [0.05, 0.1) is 5.41 Å². The van der Waals surface area contributed by atoms with E-state index in [1.54, 1.807) is 5.57 Å². The Hall–Kier alpha value is -0.900. The van der Waals surface area contributed by atoms with E-state index < -0.39 is 5.41 Å². The standard InChI is InChI=1S/C28H45BrO3/c1-8-9-12-22(20(3)18-32-26(31)27(4,5)6)25(30)16-19(2)23-13-14-24-21(17-29)11-10-15-28(23,24)7/h17,19,22-24H,3,8-16,18H2,1-2,4-7H3/b21-17+/t19-,22-,23-,24+,28-/m1/s1. The zero-order chi connectivity index (χ0) is 24.1. The predicted molar refractivity (Wildman–Crippen MR) is 137 cm³/mol. The smallest absolute Gasteiger partial charge is 0.311 e. The van der Waals surface area contributed by atoms with Gasteiger partial charge in [0.25, 0.3) is 0 Å². The minimum absolute atomic E-state index is 0.146. The summed E-state index contributed by atoms with van der Waals surface area (Å²) >= 11 is 3.60. The number of esters is 1. The molecule has 0 aromatic rings. The summed E-state index contributed by atoms with van der Waals surface area (Å²) in [5, 5.41) is 0. The van der Waals surface area contributed by atoms with Gasteiger partial charge in [-0.3, -0.25) is 9.59 Å². The molecule has 2 aliphatic carbocycles. The van der Waals surface area contributed by atoms with E-state index in [0.29, 0.717) is 29.6 Å². The van der Waals surface area contributed by atoms with Crippen LogP contribution in [0.1, 0.15) is 99.3 Å². The lowest BCUT2D eigenvalue weighted by molar-refractivity contribution is -0.152. The number of unbranched alkanes of at least 4 members (excludes halogenated alkanes) is 1. The molecule has 0 spiro atoms. The molecule has 0 heterocycles. The highest BCUT2D eigenvalue weighted by atomic mass is 79.9. The van der Waals surface area contributed by atoms with Crippen molar-refractivity contribution in [1.29, 1.82) is 0 Å². The highest BCUT2D eigenvalue weighted by Crippen LogP contribution is 2.60. The molecule has 0 aliphatic heterocycles. The van der Waals surface area contributed by atoms with Crippen molar-refractivity contribution in [1.82, 2.24) is 0 Å². The largest absolute Gasteiger partial charge is 0.461 e. The van der Waals surface area contributed by atoms with E-state index in [9.17, 15) is 9.59 Å². The number of rotatable bonds is 10. The van der Waals surface area contributed by atoms with Crippen LogP contribution in [0.25, 0.3) is 0 Å². The summed E-state index contributed by atoms with van der Waals surface area (Å²) in [6, 6.07) is 0. The second-order valence-electron chi connectivity index (χ2n) is 11.6. The Morgan fingerprint density at radius 3 is 2.59 bits per heavy atom. The topological polar surface area (TPSA) is 43.4 Å². The third kappa shape index (κ3) is 6.36. The first-order valence-electron chi connectivity index (χ1n) is 12.6. The summed E-state index contributed by atoms with van der Waals surface area (Å²) in [6.07, 6.45) is 9.60. The maximum Gasteiger partial charge on any atom is 0.311 e. The van der Waals surface area contributed by atoms with E-state index >= 15 is 0 Å². The average molecular weight is 510 g/mol. The highest BCUT2D eigenvalue weighted by molar-refractivity contribution is 9.11. The predicted octanol–water partition coefficient (Wildman–Crippen LogP) is 8.03. The fourth-order valence-corrected chi connectivity index (χ4v) is 6.77. The summed E-state index contributed by atoms with van der Waals surface area (Å²) in [7, 11) is 0. The fourth-order valence-electron chi connectivity index (χ4n) is 6.22. The molecule has 0 bridgehead atoms. The van der Waals surface area contributed by atoms with Gasteiger partial charge in [0, 0.05) is 12.3 Å². The van der Waals surface area contributed by atoms with Crippen molar-refractivity contribution >= 4 is 27.7 Å². The molecule has 3 nitrogen and oxygen atoms in total. The van der Waals surface area contributed by atoms with Crippen LogP contribution in [0.5, 0.6) is 0 Å². The second-order valence-corrected chi connectivity index (χ2v) is 12.1. The molecule has 0 amide bonds. The Bertz CT molecular complexity index is 717. The van der Waals surface area contributed by atoms with Crippen molar-refractivity contribution < 1.29 is 14.3 Å². The Balaban J connectivity index is 2.05. The number of ketones is 1. The Kier molecular flexibility index (Phi) is 9.82. The Morgan fingerprint density at radius 2 is 2.00 bits per heavy atom. The minimum atomic E-state index is -0.547. The van der Waals surface area contributed by atoms with E-state index in [1.807, 2.05) is 20.8 Å². The van der Waals surface area contributed by atoms with Crippen LogP contribution >= 0.6 is 15.9 Å². The first-order valence-corrected chi connectivity index (χ1v) is 13.5. The number of hydrogen-bond acceptors (Lipinski definition) is 3. The summed E-state index contributed by atoms with van der Waals surface area (Å²) in [6.45, 7) is 16.7. The second kappa shape index (κ2) is 11.5. The molecule has 0 aromatic heterocycles. The average Bonchev–Trinajstić information content (AvgIpc) is 3.08. The van der Waals surface area contributed by atoms with Crippen LogP contribution in [-0.2, 0) is 14.3 Å². The minimum Gasteiger partial charge on any atom is -0.461 e. The van der Waals surface area contributed by atoms with Crippen LogP contribution in [0.3, 0.4) is 0 Å². The van der Waals surface area contributed by atoms with Crippen LogP contribution in [0.2, 0.25) is 0 Å². The van der Waals surface area contributed by atoms with Crippen molar-refractivity contribution in [3.05, 3.63) is 22.7 Å². The van der Waals surface area contributed by atoms with Gasteiger partial charge in [0.1, 0.15) is 12.4 Å². The molecule has 2 aliphatic rings. The molecule has 2 fully saturated rings. The Labute approximate surface area is 205 Å². The molecule has 4 heteroatoms. The van der Waals surface area contributed by atoms with E-state index in [2.05, 4.69) is 48.3 Å². The summed E-state index contributed by atoms with van der Waals surface area (Å²) < 4.78 is 5.49. The third-order valence-electron chi connectivity index (χ3n) is 8.12. The van der Waals surface area contributed by atoms with E-state index in [4.69, 9.17) is 4.74 Å². The van der Waals surface area contributed by atoms with Gasteiger partial charge in [-0.1, -0.05) is 61.7 Å². The van der Waals surface area contributed by atoms with Crippen LogP contribution in [-0.4, -0.2) is 18.4 Å². The van der Waals surface area contributed by atoms with Gasteiger partial charge in [0.15, 0.2) is 0 Å². The van der Waals surface area contributed by atoms with Crippen molar-refractivity contribution in [2.75, 3.05) is 6.61 Å². The van der Waals surface area contributed by atoms with E-state index in [1.165, 1.54) is 32.1 Å². The van der Waals surface area contributed by atoms with Gasteiger partial charge >= 0.3 is 5.97 Å². The van der Waals surface area contributed by atoms with Crippen LogP contribution in [0.4, 0.5) is 0 Å². The van der Waals surface area contributed by atoms with Crippen molar-refractivity contribution in [2.45, 2.75) is 99.3 Å². The Morgan fingerprint density at radius 1 is 1.31 bits per heavy atom. The number of Topliss-reactive ketones (excluding diaryl/α,β-unsaturated/α-hetero) is 1. The highest BCUT2D eigenvalue weighted by Gasteiger charge is 2.51. The fraction of sp³-hybridized carbons (Fsp3) is 0.786. The van der Waals surface area contributed by atoms with Crippen LogP contribution in [0, 0.1) is 34.5 Å². The van der Waals surface area contributed by atoms with Crippen LogP contribution in [0.15, 0.2) is 22.7 Å². The zero-order valence-electron chi connectivity index (χ0n) is 21.3. The maximum atomic E-state index is 13.5. The van der Waals surface area contributed by atoms with E-state index in [-0.39, 0.29) is 24.3 Å². The molecule has 2 saturated carbocycles. The molecule has 5 atom stereocenters. The van der Waals surface area contributed by atoms with Gasteiger partial charge in [-0.25, -0.2) is 0 Å². The molecule has 2 rings (SSSR count). The molecule has 0 radical (unpaired) electrons. The number of allylic oxidation sites excluding steroid dienone is 1. The van der Waals surface area contributed by atoms with E-state index in [0.717, 1.165) is 24.8 Å². The molecule has 0 saturated heterocycles. The summed E-state index contributed by atoms with van der Waals surface area (Å²) in [5.41, 5.74) is 2.07. The van der Waals surface area contributed by atoms with Gasteiger partial charge in [0.2, 0.25) is 0 Å². The van der Waals surface area contributed by atoms with Gasteiger partial charge in [-0.05, 0) is 93.0 Å². The lowest BCUT2D eigenvalue weighted by Crippen LogP contribution is -2.37. The molecule has 0 N–H and O–H groups in total. The molecular formula is C28H45BrO3. The van der Waals surface area contributed by atoms with Gasteiger partial charge in [-0.15, -0.1) is 0 Å². The van der Waals surface area contributed by atoms with Crippen LogP contribution < -0.4 is 0 Å².